The van der Waals surface area contributed by atoms with Crippen LogP contribution in [0.25, 0.3) is 10.9 Å². The molecular weight excluding hydrogens is 377 g/mol. The fraction of sp³-hybridized carbons (Fsp3) is 0.222. The third kappa shape index (κ3) is 3.66. The van der Waals surface area contributed by atoms with Gasteiger partial charge in [0.25, 0.3) is 0 Å². The van der Waals surface area contributed by atoms with Crippen LogP contribution in [-0.4, -0.2) is 29.2 Å². The van der Waals surface area contributed by atoms with E-state index in [1.807, 2.05) is 6.07 Å². The lowest BCUT2D eigenvalue weighted by atomic mass is 10.00. The SMILES string of the molecule is O=C(Nc1cccc2[nH]ncc12)N[C@@H]1CCOc2c(OC(F)(F)F)cccc21. The molecule has 3 aromatic rings. The fourth-order valence-corrected chi connectivity index (χ4v) is 3.14. The maximum absolute atomic E-state index is 12.6. The Kier molecular flexibility index (Phi) is 4.46. The van der Waals surface area contributed by atoms with Crippen LogP contribution in [0.15, 0.2) is 42.6 Å². The number of carbonyl (C=O) groups excluding carboxylic acids is 1. The van der Waals surface area contributed by atoms with Gasteiger partial charge >= 0.3 is 12.4 Å². The van der Waals surface area contributed by atoms with Gasteiger partial charge in [0.1, 0.15) is 0 Å². The van der Waals surface area contributed by atoms with Crippen LogP contribution in [-0.2, 0) is 0 Å². The Hall–Kier alpha value is -3.43. The first kappa shape index (κ1) is 18.0. The van der Waals surface area contributed by atoms with Crippen molar-refractivity contribution in [1.29, 1.82) is 0 Å². The van der Waals surface area contributed by atoms with Crippen LogP contribution >= 0.6 is 0 Å². The summed E-state index contributed by atoms with van der Waals surface area (Å²) in [7, 11) is 0. The van der Waals surface area contributed by atoms with E-state index < -0.39 is 24.2 Å². The molecule has 1 atom stereocenters. The molecule has 0 bridgehead atoms. The molecule has 0 unspecified atom stereocenters. The molecule has 2 heterocycles. The van der Waals surface area contributed by atoms with Crippen molar-refractivity contribution in [3.05, 3.63) is 48.2 Å². The van der Waals surface area contributed by atoms with Crippen LogP contribution in [0, 0.1) is 0 Å². The molecule has 1 aliphatic heterocycles. The van der Waals surface area contributed by atoms with Gasteiger partial charge in [-0.05, 0) is 18.2 Å². The smallest absolute Gasteiger partial charge is 0.489 e. The van der Waals surface area contributed by atoms with Gasteiger partial charge in [0.15, 0.2) is 11.5 Å². The number of fused-ring (bicyclic) bond motifs is 2. The molecular formula is C18H15F3N4O3. The molecule has 1 aromatic heterocycles. The zero-order valence-corrected chi connectivity index (χ0v) is 14.3. The van der Waals surface area contributed by atoms with Gasteiger partial charge in [-0.25, -0.2) is 4.79 Å². The van der Waals surface area contributed by atoms with Crippen LogP contribution in [0.5, 0.6) is 11.5 Å². The molecule has 7 nitrogen and oxygen atoms in total. The fourth-order valence-electron chi connectivity index (χ4n) is 3.14. The van der Waals surface area contributed by atoms with Gasteiger partial charge in [0, 0.05) is 17.4 Å². The molecule has 0 radical (unpaired) electrons. The highest BCUT2D eigenvalue weighted by Gasteiger charge is 2.34. The molecule has 2 amide bonds. The minimum absolute atomic E-state index is 0.0201. The summed E-state index contributed by atoms with van der Waals surface area (Å²) in [4.78, 5) is 12.5. The lowest BCUT2D eigenvalue weighted by Gasteiger charge is -2.28. The second kappa shape index (κ2) is 6.95. The number of halogens is 3. The lowest BCUT2D eigenvalue weighted by Crippen LogP contribution is -2.35. The number of alkyl halides is 3. The van der Waals surface area contributed by atoms with Gasteiger partial charge in [0.05, 0.1) is 30.0 Å². The first-order valence-corrected chi connectivity index (χ1v) is 8.42. The van der Waals surface area contributed by atoms with Crippen LogP contribution in [0.2, 0.25) is 0 Å². The van der Waals surface area contributed by atoms with E-state index in [9.17, 15) is 18.0 Å². The molecule has 3 N–H and O–H groups in total. The Balaban J connectivity index is 1.53. The summed E-state index contributed by atoms with van der Waals surface area (Å²) in [5.74, 6) is -0.451. The molecule has 2 aromatic carbocycles. The van der Waals surface area contributed by atoms with E-state index in [-0.39, 0.29) is 12.4 Å². The highest BCUT2D eigenvalue weighted by molar-refractivity contribution is 6.00. The summed E-state index contributed by atoms with van der Waals surface area (Å²) in [6.07, 6.45) is -2.83. The monoisotopic (exact) mass is 392 g/mol. The van der Waals surface area contributed by atoms with Crippen molar-refractivity contribution >= 4 is 22.6 Å². The third-order valence-electron chi connectivity index (χ3n) is 4.30. The summed E-state index contributed by atoms with van der Waals surface area (Å²) in [5, 5.41) is 13.0. The van der Waals surface area contributed by atoms with E-state index in [4.69, 9.17) is 4.74 Å². The summed E-state index contributed by atoms with van der Waals surface area (Å²) in [5.41, 5.74) is 1.75. The van der Waals surface area contributed by atoms with Gasteiger partial charge in [0.2, 0.25) is 0 Å². The van der Waals surface area contributed by atoms with Gasteiger partial charge in [-0.2, -0.15) is 5.10 Å². The Morgan fingerprint density at radius 2 is 2.07 bits per heavy atom. The number of ether oxygens (including phenoxy) is 2. The topological polar surface area (TPSA) is 88.3 Å². The molecule has 28 heavy (non-hydrogen) atoms. The highest BCUT2D eigenvalue weighted by Crippen LogP contribution is 2.41. The van der Waals surface area contributed by atoms with E-state index >= 15 is 0 Å². The van der Waals surface area contributed by atoms with E-state index in [2.05, 4.69) is 25.6 Å². The van der Waals surface area contributed by atoms with E-state index in [0.29, 0.717) is 17.7 Å². The van der Waals surface area contributed by atoms with Crippen molar-refractivity contribution in [2.24, 2.45) is 0 Å². The minimum atomic E-state index is -4.83. The standard InChI is InChI=1S/C18H15F3N4O3/c19-18(20,21)28-15-6-1-3-10-13(7-8-27-16(10)15)24-17(26)23-12-4-2-5-14-11(12)9-22-25-14/h1-6,9,13H,7-8H2,(H,22,25)(H2,23,24,26)/t13-/m1/s1. The number of para-hydroxylation sites is 1. The Labute approximate surface area is 156 Å². The first-order chi connectivity index (χ1) is 13.4. The molecule has 0 saturated carbocycles. The average Bonchev–Trinajstić information content (AvgIpc) is 3.11. The van der Waals surface area contributed by atoms with Crippen LogP contribution in [0.1, 0.15) is 18.0 Å². The number of aromatic amines is 1. The van der Waals surface area contributed by atoms with Gasteiger partial charge in [-0.1, -0.05) is 18.2 Å². The largest absolute Gasteiger partial charge is 0.573 e. The number of benzene rings is 2. The maximum atomic E-state index is 12.6. The van der Waals surface area contributed by atoms with Crippen LogP contribution in [0.4, 0.5) is 23.7 Å². The average molecular weight is 392 g/mol. The quantitative estimate of drug-likeness (QED) is 0.626. The van der Waals surface area contributed by atoms with E-state index in [1.54, 1.807) is 24.4 Å². The minimum Gasteiger partial charge on any atom is -0.489 e. The molecule has 146 valence electrons. The number of anilines is 1. The Morgan fingerprint density at radius 1 is 1.25 bits per heavy atom. The first-order valence-electron chi connectivity index (χ1n) is 8.42. The second-order valence-electron chi connectivity index (χ2n) is 6.15. The highest BCUT2D eigenvalue weighted by atomic mass is 19.4. The summed E-state index contributed by atoms with van der Waals surface area (Å²) < 4.78 is 47.2. The lowest BCUT2D eigenvalue weighted by molar-refractivity contribution is -0.275. The zero-order chi connectivity index (χ0) is 19.7. The van der Waals surface area contributed by atoms with Crippen molar-refractivity contribution in [1.82, 2.24) is 15.5 Å². The number of H-pyrrole nitrogens is 1. The maximum Gasteiger partial charge on any atom is 0.573 e. The van der Waals surface area contributed by atoms with Crippen LogP contribution < -0.4 is 20.1 Å². The molecule has 0 aliphatic carbocycles. The number of hydrogen-bond acceptors (Lipinski definition) is 4. The summed E-state index contributed by atoms with van der Waals surface area (Å²) >= 11 is 0. The number of nitrogens with zero attached hydrogens (tertiary/aromatic N) is 1. The van der Waals surface area contributed by atoms with Gasteiger partial charge < -0.3 is 20.1 Å². The molecule has 0 saturated heterocycles. The number of urea groups is 1. The Morgan fingerprint density at radius 3 is 2.89 bits per heavy atom. The van der Waals surface area contributed by atoms with Gasteiger partial charge in [-0.3, -0.25) is 5.10 Å². The second-order valence-corrected chi connectivity index (χ2v) is 6.15. The molecule has 1 aliphatic rings. The number of amides is 2. The van der Waals surface area contributed by atoms with Crippen molar-refractivity contribution in [2.45, 2.75) is 18.8 Å². The molecule has 0 fully saturated rings. The van der Waals surface area contributed by atoms with Crippen LogP contribution in [0.3, 0.4) is 0 Å². The number of rotatable bonds is 3. The normalized spacial score (nSPS) is 16.2. The van der Waals surface area contributed by atoms with E-state index in [0.717, 1.165) is 10.9 Å². The number of carbonyl (C=O) groups is 1. The van der Waals surface area contributed by atoms with E-state index in [1.165, 1.54) is 12.1 Å². The van der Waals surface area contributed by atoms with Gasteiger partial charge in [-0.15, -0.1) is 13.2 Å². The van der Waals surface area contributed by atoms with Crippen molar-refractivity contribution < 1.29 is 27.4 Å². The van der Waals surface area contributed by atoms with Crippen molar-refractivity contribution in [3.63, 3.8) is 0 Å². The summed E-state index contributed by atoms with van der Waals surface area (Å²) in [6.45, 7) is 0.146. The number of hydrogen-bond donors (Lipinski definition) is 3. The molecule has 10 heteroatoms. The zero-order valence-electron chi connectivity index (χ0n) is 14.3. The molecule has 0 spiro atoms. The predicted molar refractivity (Wildman–Crippen MR) is 94.2 cm³/mol. The number of aromatic nitrogens is 2. The van der Waals surface area contributed by atoms with Crippen molar-refractivity contribution in [3.8, 4) is 11.5 Å². The van der Waals surface area contributed by atoms with Crippen molar-refractivity contribution in [2.75, 3.05) is 11.9 Å². The predicted octanol–water partition coefficient (Wildman–Crippen LogP) is 4.11. The summed E-state index contributed by atoms with van der Waals surface area (Å²) in [6, 6.07) is 8.49. The third-order valence-corrected chi connectivity index (χ3v) is 4.30. The number of nitrogens with one attached hydrogen (secondary N) is 3. The molecule has 4 rings (SSSR count). The Bertz CT molecular complexity index is 1020.